The molecular weight excluding hydrogens is 274 g/mol. The molecule has 1 aliphatic rings. The molecule has 1 aromatic carbocycles. The summed E-state index contributed by atoms with van der Waals surface area (Å²) in [6.07, 6.45) is 4.38. The average Bonchev–Trinajstić information content (AvgIpc) is 2.44. The molecule has 1 aromatic rings. The van der Waals surface area contributed by atoms with Crippen LogP contribution in [0.25, 0.3) is 0 Å². The van der Waals surface area contributed by atoms with Crippen LogP contribution in [0.1, 0.15) is 32.6 Å². The molecule has 2 N–H and O–H groups in total. The van der Waals surface area contributed by atoms with E-state index in [4.69, 9.17) is 11.6 Å². The van der Waals surface area contributed by atoms with Gasteiger partial charge >= 0.3 is 0 Å². The molecule has 0 aromatic heterocycles. The minimum atomic E-state index is -0.157. The number of rotatable bonds is 4. The highest BCUT2D eigenvalue weighted by Gasteiger charge is 2.14. The zero-order valence-corrected chi connectivity index (χ0v) is 12.4. The second-order valence-corrected chi connectivity index (χ2v) is 5.66. The van der Waals surface area contributed by atoms with Gasteiger partial charge in [-0.3, -0.25) is 4.79 Å². The summed E-state index contributed by atoms with van der Waals surface area (Å²) in [5, 5.41) is 7.81. The molecule has 1 saturated carbocycles. The summed E-state index contributed by atoms with van der Waals surface area (Å²) in [5.74, 6) is 0.510. The van der Waals surface area contributed by atoms with E-state index < -0.39 is 0 Å². The van der Waals surface area contributed by atoms with Gasteiger partial charge in [-0.1, -0.05) is 30.7 Å². The van der Waals surface area contributed by atoms with Gasteiger partial charge in [0.05, 0.1) is 17.3 Å². The molecule has 1 atom stereocenters. The van der Waals surface area contributed by atoms with Crippen LogP contribution in [0.4, 0.5) is 5.69 Å². The molecule has 5 heteroatoms. The van der Waals surface area contributed by atoms with Gasteiger partial charge in [0.15, 0.2) is 0 Å². The second-order valence-electron chi connectivity index (χ2n) is 5.25. The number of halogens is 1. The molecule has 4 nitrogen and oxygen atoms in total. The standard InChI is InChI=1S/C15H20ClN3O/c1-11-5-4-6-12(9-11)18-19-15(20)10-17-14-8-3-2-7-13(14)16/h2-3,7-8,11,17H,4-6,9-10H2,1H3,(H,19,20)/t11-/m1/s1. The van der Waals surface area contributed by atoms with Gasteiger partial charge in [-0.25, -0.2) is 5.43 Å². The van der Waals surface area contributed by atoms with Gasteiger partial charge in [0, 0.05) is 5.71 Å². The monoisotopic (exact) mass is 293 g/mol. The Morgan fingerprint density at radius 3 is 3.00 bits per heavy atom. The number of hydrogen-bond acceptors (Lipinski definition) is 3. The van der Waals surface area contributed by atoms with Crippen LogP contribution in [-0.4, -0.2) is 18.2 Å². The Labute approximate surface area is 124 Å². The number of benzene rings is 1. The predicted octanol–water partition coefficient (Wildman–Crippen LogP) is 3.43. The van der Waals surface area contributed by atoms with E-state index in [1.807, 2.05) is 18.2 Å². The van der Waals surface area contributed by atoms with Crippen molar-refractivity contribution in [3.05, 3.63) is 29.3 Å². The molecule has 0 spiro atoms. The smallest absolute Gasteiger partial charge is 0.259 e. The van der Waals surface area contributed by atoms with Crippen molar-refractivity contribution in [2.45, 2.75) is 32.6 Å². The second kappa shape index (κ2) is 7.29. The highest BCUT2D eigenvalue weighted by atomic mass is 35.5. The van der Waals surface area contributed by atoms with Crippen molar-refractivity contribution in [2.24, 2.45) is 11.0 Å². The molecule has 108 valence electrons. The number of hydrogen-bond donors (Lipinski definition) is 2. The fourth-order valence-electron chi connectivity index (χ4n) is 2.32. The van der Waals surface area contributed by atoms with E-state index in [9.17, 15) is 4.79 Å². The number of nitrogens with zero attached hydrogens (tertiary/aromatic N) is 1. The number of nitrogens with one attached hydrogen (secondary N) is 2. The molecule has 20 heavy (non-hydrogen) atoms. The molecular formula is C15H20ClN3O. The van der Waals surface area contributed by atoms with Crippen molar-refractivity contribution in [1.29, 1.82) is 0 Å². The Morgan fingerprint density at radius 1 is 1.45 bits per heavy atom. The van der Waals surface area contributed by atoms with E-state index in [1.165, 1.54) is 6.42 Å². The van der Waals surface area contributed by atoms with Crippen LogP contribution in [0, 0.1) is 5.92 Å². The van der Waals surface area contributed by atoms with Crippen LogP contribution in [0.2, 0.25) is 5.02 Å². The van der Waals surface area contributed by atoms with Crippen LogP contribution in [0.15, 0.2) is 29.4 Å². The SMILES string of the molecule is C[C@@H]1CCCC(=NNC(=O)CNc2ccccc2Cl)C1. The van der Waals surface area contributed by atoms with E-state index >= 15 is 0 Å². The normalized spacial score (nSPS) is 20.7. The van der Waals surface area contributed by atoms with E-state index in [1.54, 1.807) is 6.07 Å². The lowest BCUT2D eigenvalue weighted by Gasteiger charge is -2.19. The van der Waals surface area contributed by atoms with E-state index in [0.717, 1.165) is 30.7 Å². The molecule has 0 aliphatic heterocycles. The number of anilines is 1. The molecule has 1 amide bonds. The third-order valence-electron chi connectivity index (χ3n) is 3.40. The number of hydrazone groups is 1. The van der Waals surface area contributed by atoms with Crippen molar-refractivity contribution in [3.8, 4) is 0 Å². The molecule has 1 fully saturated rings. The molecule has 2 rings (SSSR count). The minimum Gasteiger partial charge on any atom is -0.375 e. The zero-order chi connectivity index (χ0) is 14.4. The third kappa shape index (κ3) is 4.53. The minimum absolute atomic E-state index is 0.157. The summed E-state index contributed by atoms with van der Waals surface area (Å²) in [6, 6.07) is 7.34. The Bertz CT molecular complexity index is 502. The highest BCUT2D eigenvalue weighted by Crippen LogP contribution is 2.21. The number of carbonyl (C=O) groups is 1. The summed E-state index contributed by atoms with van der Waals surface area (Å²) < 4.78 is 0. The van der Waals surface area contributed by atoms with Crippen LogP contribution in [0.3, 0.4) is 0 Å². The van der Waals surface area contributed by atoms with Gasteiger partial charge in [-0.2, -0.15) is 5.10 Å². The number of carbonyl (C=O) groups excluding carboxylic acids is 1. The Morgan fingerprint density at radius 2 is 2.25 bits per heavy atom. The average molecular weight is 294 g/mol. The highest BCUT2D eigenvalue weighted by molar-refractivity contribution is 6.33. The summed E-state index contributed by atoms with van der Waals surface area (Å²) in [5.41, 5.74) is 4.45. The van der Waals surface area contributed by atoms with Gasteiger partial charge in [0.1, 0.15) is 0 Å². The lowest BCUT2D eigenvalue weighted by Crippen LogP contribution is -2.28. The molecule has 0 radical (unpaired) electrons. The van der Waals surface area contributed by atoms with Crippen molar-refractivity contribution < 1.29 is 4.79 Å². The van der Waals surface area contributed by atoms with E-state index in [0.29, 0.717) is 10.9 Å². The lowest BCUT2D eigenvalue weighted by molar-refractivity contribution is -0.119. The molecule has 0 unspecified atom stereocenters. The molecule has 0 bridgehead atoms. The Kier molecular flexibility index (Phi) is 5.41. The first-order valence-corrected chi connectivity index (χ1v) is 7.35. The summed E-state index contributed by atoms with van der Waals surface area (Å²) in [7, 11) is 0. The molecule has 1 aliphatic carbocycles. The van der Waals surface area contributed by atoms with Crippen molar-refractivity contribution >= 4 is 28.9 Å². The van der Waals surface area contributed by atoms with Crippen LogP contribution in [-0.2, 0) is 4.79 Å². The molecule has 0 heterocycles. The van der Waals surface area contributed by atoms with Crippen LogP contribution in [0.5, 0.6) is 0 Å². The van der Waals surface area contributed by atoms with Gasteiger partial charge in [-0.05, 0) is 43.7 Å². The van der Waals surface area contributed by atoms with E-state index in [2.05, 4.69) is 22.8 Å². The lowest BCUT2D eigenvalue weighted by atomic mass is 9.89. The van der Waals surface area contributed by atoms with Crippen LogP contribution >= 0.6 is 11.6 Å². The maximum atomic E-state index is 11.7. The fraction of sp³-hybridized carbons (Fsp3) is 0.467. The summed E-state index contributed by atoms with van der Waals surface area (Å²) >= 11 is 6.00. The van der Waals surface area contributed by atoms with Gasteiger partial charge in [0.25, 0.3) is 5.91 Å². The predicted molar refractivity (Wildman–Crippen MR) is 83.2 cm³/mol. The van der Waals surface area contributed by atoms with Crippen molar-refractivity contribution in [1.82, 2.24) is 5.43 Å². The van der Waals surface area contributed by atoms with Crippen LogP contribution < -0.4 is 10.7 Å². The zero-order valence-electron chi connectivity index (χ0n) is 11.7. The maximum Gasteiger partial charge on any atom is 0.259 e. The van der Waals surface area contributed by atoms with E-state index in [-0.39, 0.29) is 12.5 Å². The Balaban J connectivity index is 1.78. The number of amides is 1. The van der Waals surface area contributed by atoms with Gasteiger partial charge in [0.2, 0.25) is 0 Å². The van der Waals surface area contributed by atoms with Gasteiger partial charge < -0.3 is 5.32 Å². The number of para-hydroxylation sites is 1. The first-order chi connectivity index (χ1) is 9.65. The Hall–Kier alpha value is -1.55. The summed E-state index contributed by atoms with van der Waals surface area (Å²) in [6.45, 7) is 2.38. The quantitative estimate of drug-likeness (QED) is 0.836. The fourth-order valence-corrected chi connectivity index (χ4v) is 2.53. The first-order valence-electron chi connectivity index (χ1n) is 6.98. The maximum absolute atomic E-state index is 11.7. The van der Waals surface area contributed by atoms with Crippen molar-refractivity contribution in [3.63, 3.8) is 0 Å². The third-order valence-corrected chi connectivity index (χ3v) is 3.73. The van der Waals surface area contributed by atoms with Crippen molar-refractivity contribution in [2.75, 3.05) is 11.9 Å². The molecule has 0 saturated heterocycles. The largest absolute Gasteiger partial charge is 0.375 e. The first kappa shape index (κ1) is 14.9. The summed E-state index contributed by atoms with van der Waals surface area (Å²) in [4.78, 5) is 11.7. The topological polar surface area (TPSA) is 53.5 Å². The van der Waals surface area contributed by atoms with Gasteiger partial charge in [-0.15, -0.1) is 0 Å².